The zero-order valence-electron chi connectivity index (χ0n) is 10.3. The average Bonchev–Trinajstić information content (AvgIpc) is 2.73. The van der Waals surface area contributed by atoms with Gasteiger partial charge in [0.05, 0.1) is 11.5 Å². The number of carboxylic acids is 1. The molecule has 0 spiro atoms. The van der Waals surface area contributed by atoms with Crippen molar-refractivity contribution in [2.45, 2.75) is 32.6 Å². The van der Waals surface area contributed by atoms with Crippen LogP contribution in [0, 0.1) is 17.2 Å². The van der Waals surface area contributed by atoms with E-state index in [2.05, 4.69) is 11.4 Å². The van der Waals surface area contributed by atoms with Gasteiger partial charge in [0, 0.05) is 11.4 Å². The van der Waals surface area contributed by atoms with E-state index in [1.54, 1.807) is 18.3 Å². The van der Waals surface area contributed by atoms with Crippen molar-refractivity contribution in [3.63, 3.8) is 0 Å². The van der Waals surface area contributed by atoms with Crippen molar-refractivity contribution in [1.29, 1.82) is 5.26 Å². The monoisotopic (exact) mass is 264 g/mol. The molecule has 0 saturated heterocycles. The fourth-order valence-electron chi connectivity index (χ4n) is 2.14. The lowest BCUT2D eigenvalue weighted by Gasteiger charge is -2.09. The lowest BCUT2D eigenvalue weighted by molar-refractivity contribution is -0.140. The average molecular weight is 264 g/mol. The van der Waals surface area contributed by atoms with Crippen molar-refractivity contribution in [2.24, 2.45) is 5.92 Å². The number of fused-ring (bicyclic) bond motifs is 1. The van der Waals surface area contributed by atoms with Crippen LogP contribution in [0.1, 0.15) is 35.8 Å². The van der Waals surface area contributed by atoms with E-state index >= 15 is 0 Å². The highest BCUT2D eigenvalue weighted by Crippen LogP contribution is 2.37. The maximum atomic E-state index is 10.8. The van der Waals surface area contributed by atoms with E-state index in [1.807, 2.05) is 0 Å². The Morgan fingerprint density at radius 1 is 1.56 bits per heavy atom. The minimum Gasteiger partial charge on any atom is -0.481 e. The van der Waals surface area contributed by atoms with Crippen molar-refractivity contribution < 1.29 is 9.90 Å². The maximum Gasteiger partial charge on any atom is 0.308 e. The first-order valence-electron chi connectivity index (χ1n) is 6.14. The van der Waals surface area contributed by atoms with Gasteiger partial charge < -0.3 is 10.4 Å². The highest BCUT2D eigenvalue weighted by Gasteiger charge is 2.21. The number of hydrogen-bond donors (Lipinski definition) is 2. The molecule has 0 aliphatic heterocycles. The molecule has 1 heterocycles. The largest absolute Gasteiger partial charge is 0.481 e. The van der Waals surface area contributed by atoms with Gasteiger partial charge in [-0.25, -0.2) is 0 Å². The fraction of sp³-hybridized carbons (Fsp3) is 0.538. The van der Waals surface area contributed by atoms with Crippen LogP contribution in [-0.2, 0) is 17.6 Å². The fourth-order valence-corrected chi connectivity index (χ4v) is 3.39. The first-order chi connectivity index (χ1) is 8.63. The number of nitriles is 1. The normalized spacial score (nSPS) is 15.6. The molecule has 1 aromatic rings. The molecule has 1 aliphatic carbocycles. The van der Waals surface area contributed by atoms with Gasteiger partial charge in [-0.05, 0) is 31.2 Å². The van der Waals surface area contributed by atoms with E-state index in [0.717, 1.165) is 29.8 Å². The summed E-state index contributed by atoms with van der Waals surface area (Å²) in [5.41, 5.74) is 1.91. The second kappa shape index (κ2) is 5.40. The topological polar surface area (TPSA) is 73.1 Å². The molecule has 2 N–H and O–H groups in total. The Labute approximate surface area is 110 Å². The summed E-state index contributed by atoms with van der Waals surface area (Å²) in [6.45, 7) is 2.03. The van der Waals surface area contributed by atoms with Crippen LogP contribution in [0.25, 0.3) is 0 Å². The van der Waals surface area contributed by atoms with Crippen molar-refractivity contribution in [3.05, 3.63) is 16.0 Å². The summed E-state index contributed by atoms with van der Waals surface area (Å²) in [7, 11) is 0. The van der Waals surface area contributed by atoms with Crippen LogP contribution < -0.4 is 5.32 Å². The van der Waals surface area contributed by atoms with E-state index in [0.29, 0.717) is 6.54 Å². The van der Waals surface area contributed by atoms with Crippen LogP contribution in [0.3, 0.4) is 0 Å². The van der Waals surface area contributed by atoms with Crippen LogP contribution >= 0.6 is 11.3 Å². The van der Waals surface area contributed by atoms with Gasteiger partial charge in [0.25, 0.3) is 0 Å². The summed E-state index contributed by atoms with van der Waals surface area (Å²) in [6, 6.07) is 2.26. The Kier molecular flexibility index (Phi) is 3.87. The summed E-state index contributed by atoms with van der Waals surface area (Å²) in [4.78, 5) is 12.1. The molecule has 0 amide bonds. The smallest absolute Gasteiger partial charge is 0.308 e. The molecule has 0 aromatic carbocycles. The van der Waals surface area contributed by atoms with Gasteiger partial charge in [0.2, 0.25) is 0 Å². The molecule has 1 aliphatic rings. The zero-order chi connectivity index (χ0) is 13.1. The molecule has 5 heteroatoms. The van der Waals surface area contributed by atoms with Crippen molar-refractivity contribution in [1.82, 2.24) is 0 Å². The predicted molar refractivity (Wildman–Crippen MR) is 71.0 cm³/mol. The Morgan fingerprint density at radius 3 is 2.94 bits per heavy atom. The lowest BCUT2D eigenvalue weighted by atomic mass is 9.96. The van der Waals surface area contributed by atoms with Gasteiger partial charge in [-0.2, -0.15) is 5.26 Å². The molecule has 0 fully saturated rings. The third-order valence-electron chi connectivity index (χ3n) is 3.27. The number of nitrogens with zero attached hydrogens (tertiary/aromatic N) is 1. The first-order valence-corrected chi connectivity index (χ1v) is 6.96. The van der Waals surface area contributed by atoms with Crippen LogP contribution in [0.2, 0.25) is 0 Å². The number of carbonyl (C=O) groups is 1. The van der Waals surface area contributed by atoms with Gasteiger partial charge in [0.15, 0.2) is 0 Å². The first kappa shape index (κ1) is 12.9. The minimum absolute atomic E-state index is 0.364. The molecule has 1 aromatic heterocycles. The van der Waals surface area contributed by atoms with Crippen molar-refractivity contribution in [2.75, 3.05) is 11.9 Å². The van der Waals surface area contributed by atoms with E-state index < -0.39 is 11.9 Å². The molecule has 4 nitrogen and oxygen atoms in total. The standard InChI is InChI=1S/C13H16N2O2S/c1-8(13(16)17)7-15-12-10(6-14)9-4-2-3-5-11(9)18-12/h8,15H,2-5,7H2,1H3,(H,16,17). The third-order valence-corrected chi connectivity index (χ3v) is 4.52. The van der Waals surface area contributed by atoms with Crippen LogP contribution in [0.15, 0.2) is 0 Å². The number of aryl methyl sites for hydroxylation is 1. The molecule has 0 bridgehead atoms. The Morgan fingerprint density at radius 2 is 2.28 bits per heavy atom. The third kappa shape index (κ3) is 2.49. The second-order valence-electron chi connectivity index (χ2n) is 4.65. The molecule has 0 radical (unpaired) electrons. The molecule has 18 heavy (non-hydrogen) atoms. The number of carboxylic acid groups (broad SMARTS) is 1. The number of thiophene rings is 1. The van der Waals surface area contributed by atoms with E-state index in [1.165, 1.54) is 16.9 Å². The SMILES string of the molecule is CC(CNc1sc2c(c1C#N)CCCC2)C(=O)O. The van der Waals surface area contributed by atoms with Gasteiger partial charge in [-0.15, -0.1) is 11.3 Å². The minimum atomic E-state index is -0.817. The summed E-state index contributed by atoms with van der Waals surface area (Å²) in [6.07, 6.45) is 4.35. The molecule has 0 saturated carbocycles. The molecule has 1 atom stereocenters. The summed E-state index contributed by atoms with van der Waals surface area (Å²) in [5, 5.41) is 22.0. The molecule has 1 unspecified atom stereocenters. The predicted octanol–water partition coefficient (Wildman–Crippen LogP) is 2.63. The van der Waals surface area contributed by atoms with Gasteiger partial charge >= 0.3 is 5.97 Å². The Bertz CT molecular complexity index is 502. The number of aliphatic carboxylic acids is 1. The van der Waals surface area contributed by atoms with Crippen molar-refractivity contribution >= 4 is 22.3 Å². The number of nitrogens with one attached hydrogen (secondary N) is 1. The Hall–Kier alpha value is -1.54. The molecule has 96 valence electrons. The van der Waals surface area contributed by atoms with Gasteiger partial charge in [-0.1, -0.05) is 6.92 Å². The summed E-state index contributed by atoms with van der Waals surface area (Å²) in [5.74, 6) is -1.27. The molecule has 2 rings (SSSR count). The zero-order valence-corrected chi connectivity index (χ0v) is 11.1. The quantitative estimate of drug-likeness (QED) is 0.876. The van der Waals surface area contributed by atoms with Crippen LogP contribution in [-0.4, -0.2) is 17.6 Å². The lowest BCUT2D eigenvalue weighted by Crippen LogP contribution is -2.19. The van der Waals surface area contributed by atoms with Gasteiger partial charge in [-0.3, -0.25) is 4.79 Å². The van der Waals surface area contributed by atoms with E-state index in [9.17, 15) is 10.1 Å². The van der Waals surface area contributed by atoms with Crippen LogP contribution in [0.5, 0.6) is 0 Å². The summed E-state index contributed by atoms with van der Waals surface area (Å²) >= 11 is 1.61. The van der Waals surface area contributed by atoms with Gasteiger partial charge in [0.1, 0.15) is 11.1 Å². The Balaban J connectivity index is 2.16. The number of anilines is 1. The maximum absolute atomic E-state index is 10.8. The summed E-state index contributed by atoms with van der Waals surface area (Å²) < 4.78 is 0. The van der Waals surface area contributed by atoms with E-state index in [-0.39, 0.29) is 0 Å². The van der Waals surface area contributed by atoms with E-state index in [4.69, 9.17) is 5.11 Å². The van der Waals surface area contributed by atoms with Crippen LogP contribution in [0.4, 0.5) is 5.00 Å². The van der Waals surface area contributed by atoms with Crippen molar-refractivity contribution in [3.8, 4) is 6.07 Å². The highest BCUT2D eigenvalue weighted by atomic mass is 32.1. The highest BCUT2D eigenvalue weighted by molar-refractivity contribution is 7.16. The number of rotatable bonds is 4. The second-order valence-corrected chi connectivity index (χ2v) is 5.75. The molecular weight excluding hydrogens is 248 g/mol. The number of hydrogen-bond acceptors (Lipinski definition) is 4. The molecular formula is C13H16N2O2S.